The third-order valence-electron chi connectivity index (χ3n) is 2.16. The van der Waals surface area contributed by atoms with Gasteiger partial charge in [0, 0.05) is 18.8 Å². The predicted molar refractivity (Wildman–Crippen MR) is 63.0 cm³/mol. The molecule has 1 aliphatic heterocycles. The lowest BCUT2D eigenvalue weighted by molar-refractivity contribution is -0.118. The minimum Gasteiger partial charge on any atom is -0.310 e. The first kappa shape index (κ1) is 11.7. The molecule has 0 saturated carbocycles. The molecule has 0 unspecified atom stereocenters. The molecule has 3 heteroatoms. The summed E-state index contributed by atoms with van der Waals surface area (Å²) < 4.78 is 0. The fraction of sp³-hybridized carbons (Fsp3) is 0.417. The Hall–Kier alpha value is -1.35. The summed E-state index contributed by atoms with van der Waals surface area (Å²) in [5.74, 6) is 0.150. The molecule has 0 spiro atoms. The number of nitrogens with zero attached hydrogens (tertiary/aromatic N) is 1. The quantitative estimate of drug-likeness (QED) is 0.757. The second-order valence-corrected chi connectivity index (χ2v) is 3.06. The van der Waals surface area contributed by atoms with E-state index < -0.39 is 0 Å². The Morgan fingerprint density at radius 2 is 1.87 bits per heavy atom. The van der Waals surface area contributed by atoms with Crippen LogP contribution in [0.2, 0.25) is 0 Å². The van der Waals surface area contributed by atoms with Gasteiger partial charge in [-0.15, -0.1) is 0 Å². The van der Waals surface area contributed by atoms with Crippen LogP contribution in [0.3, 0.4) is 0 Å². The molecule has 2 rings (SSSR count). The van der Waals surface area contributed by atoms with Gasteiger partial charge < -0.3 is 10.2 Å². The number of piperazine rings is 1. The first-order chi connectivity index (χ1) is 7.38. The van der Waals surface area contributed by atoms with E-state index >= 15 is 0 Å². The predicted octanol–water partition coefficient (Wildman–Crippen LogP) is 1.65. The highest BCUT2D eigenvalue weighted by Crippen LogP contribution is 2.13. The van der Waals surface area contributed by atoms with Crippen molar-refractivity contribution in [1.29, 1.82) is 0 Å². The van der Waals surface area contributed by atoms with Crippen molar-refractivity contribution in [2.75, 3.05) is 24.5 Å². The molecule has 3 nitrogen and oxygen atoms in total. The van der Waals surface area contributed by atoms with Crippen molar-refractivity contribution in [3.8, 4) is 0 Å². The molecule has 1 aromatic rings. The van der Waals surface area contributed by atoms with Gasteiger partial charge in [-0.2, -0.15) is 0 Å². The third kappa shape index (κ3) is 3.06. The largest absolute Gasteiger partial charge is 0.310 e. The smallest absolute Gasteiger partial charge is 0.240 e. The first-order valence-electron chi connectivity index (χ1n) is 5.44. The maximum atomic E-state index is 11.5. The number of nitrogens with one attached hydrogen (secondary N) is 1. The number of rotatable bonds is 1. The van der Waals surface area contributed by atoms with Crippen LogP contribution >= 0.6 is 0 Å². The van der Waals surface area contributed by atoms with E-state index in [2.05, 4.69) is 5.32 Å². The molecule has 0 aromatic heterocycles. The Morgan fingerprint density at radius 3 is 2.47 bits per heavy atom. The van der Waals surface area contributed by atoms with Crippen molar-refractivity contribution >= 4 is 11.6 Å². The van der Waals surface area contributed by atoms with E-state index in [-0.39, 0.29) is 5.91 Å². The summed E-state index contributed by atoms with van der Waals surface area (Å²) in [5.41, 5.74) is 0.994. The van der Waals surface area contributed by atoms with Gasteiger partial charge in [0.05, 0.1) is 6.54 Å². The van der Waals surface area contributed by atoms with Crippen LogP contribution in [-0.2, 0) is 4.79 Å². The Labute approximate surface area is 91.1 Å². The number of benzene rings is 1. The van der Waals surface area contributed by atoms with Gasteiger partial charge in [-0.3, -0.25) is 4.79 Å². The van der Waals surface area contributed by atoms with Crippen molar-refractivity contribution < 1.29 is 4.79 Å². The number of anilines is 1. The average Bonchev–Trinajstić information content (AvgIpc) is 2.33. The fourth-order valence-electron chi connectivity index (χ4n) is 1.49. The second-order valence-electron chi connectivity index (χ2n) is 3.06. The summed E-state index contributed by atoms with van der Waals surface area (Å²) in [7, 11) is 0. The Balaban J connectivity index is 0.000000531. The van der Waals surface area contributed by atoms with Crippen LogP contribution in [-0.4, -0.2) is 25.5 Å². The molecule has 82 valence electrons. The lowest BCUT2D eigenvalue weighted by Gasteiger charge is -2.27. The highest BCUT2D eigenvalue weighted by Gasteiger charge is 2.18. The highest BCUT2D eigenvalue weighted by molar-refractivity contribution is 5.95. The first-order valence-corrected chi connectivity index (χ1v) is 5.44. The maximum Gasteiger partial charge on any atom is 0.240 e. The minimum atomic E-state index is 0.150. The summed E-state index contributed by atoms with van der Waals surface area (Å²) in [5, 5.41) is 3.04. The molecule has 1 heterocycles. The zero-order valence-electron chi connectivity index (χ0n) is 9.36. The molecule has 1 saturated heterocycles. The molecule has 15 heavy (non-hydrogen) atoms. The number of hydrogen-bond acceptors (Lipinski definition) is 2. The Kier molecular flexibility index (Phi) is 4.84. The maximum absolute atomic E-state index is 11.5. The van der Waals surface area contributed by atoms with E-state index in [4.69, 9.17) is 0 Å². The summed E-state index contributed by atoms with van der Waals surface area (Å²) in [6.45, 7) is 6.10. The van der Waals surface area contributed by atoms with Crippen LogP contribution in [0.15, 0.2) is 30.3 Å². The number of carbonyl (C=O) groups is 1. The molecular weight excluding hydrogens is 188 g/mol. The van der Waals surface area contributed by atoms with Gasteiger partial charge in [0.1, 0.15) is 0 Å². The monoisotopic (exact) mass is 206 g/mol. The SMILES string of the molecule is CC.O=C1CNCCN1c1ccccc1. The van der Waals surface area contributed by atoms with Crippen molar-refractivity contribution in [2.24, 2.45) is 0 Å². The number of hydrogen-bond donors (Lipinski definition) is 1. The van der Waals surface area contributed by atoms with Crippen LogP contribution in [0.1, 0.15) is 13.8 Å². The lowest BCUT2D eigenvalue weighted by Crippen LogP contribution is -2.48. The molecule has 1 amide bonds. The molecule has 0 atom stereocenters. The van der Waals surface area contributed by atoms with E-state index in [1.807, 2.05) is 49.1 Å². The van der Waals surface area contributed by atoms with E-state index in [0.29, 0.717) is 6.54 Å². The average molecular weight is 206 g/mol. The number of carbonyl (C=O) groups excluding carboxylic acids is 1. The number of amides is 1. The summed E-state index contributed by atoms with van der Waals surface area (Å²) >= 11 is 0. The summed E-state index contributed by atoms with van der Waals surface area (Å²) in [4.78, 5) is 13.3. The van der Waals surface area contributed by atoms with Gasteiger partial charge >= 0.3 is 0 Å². The van der Waals surface area contributed by atoms with Gasteiger partial charge in [0.2, 0.25) is 5.91 Å². The van der Waals surface area contributed by atoms with E-state index in [9.17, 15) is 4.79 Å². The Bertz CT molecular complexity index is 298. The zero-order valence-corrected chi connectivity index (χ0v) is 9.36. The molecule has 0 aliphatic carbocycles. The van der Waals surface area contributed by atoms with E-state index in [0.717, 1.165) is 18.8 Å². The molecule has 1 aromatic carbocycles. The van der Waals surface area contributed by atoms with Crippen molar-refractivity contribution in [1.82, 2.24) is 5.32 Å². The molecule has 1 fully saturated rings. The number of para-hydroxylation sites is 1. The van der Waals surface area contributed by atoms with Gasteiger partial charge in [-0.05, 0) is 12.1 Å². The third-order valence-corrected chi connectivity index (χ3v) is 2.16. The molecule has 0 bridgehead atoms. The highest BCUT2D eigenvalue weighted by atomic mass is 16.2. The van der Waals surface area contributed by atoms with Crippen LogP contribution in [0, 0.1) is 0 Å². The van der Waals surface area contributed by atoms with Gasteiger partial charge in [-0.1, -0.05) is 32.0 Å². The molecule has 1 N–H and O–H groups in total. The van der Waals surface area contributed by atoms with Crippen molar-refractivity contribution in [2.45, 2.75) is 13.8 Å². The van der Waals surface area contributed by atoms with Gasteiger partial charge in [0.25, 0.3) is 0 Å². The summed E-state index contributed by atoms with van der Waals surface area (Å²) in [6.07, 6.45) is 0. The van der Waals surface area contributed by atoms with Crippen LogP contribution in [0.25, 0.3) is 0 Å². The van der Waals surface area contributed by atoms with Crippen LogP contribution < -0.4 is 10.2 Å². The van der Waals surface area contributed by atoms with Crippen molar-refractivity contribution in [3.63, 3.8) is 0 Å². The van der Waals surface area contributed by atoms with Crippen molar-refractivity contribution in [3.05, 3.63) is 30.3 Å². The Morgan fingerprint density at radius 1 is 1.20 bits per heavy atom. The second kappa shape index (κ2) is 6.19. The normalized spacial score (nSPS) is 15.6. The lowest BCUT2D eigenvalue weighted by atomic mass is 10.2. The van der Waals surface area contributed by atoms with E-state index in [1.165, 1.54) is 0 Å². The fourth-order valence-corrected chi connectivity index (χ4v) is 1.49. The molecular formula is C12H18N2O. The van der Waals surface area contributed by atoms with Crippen LogP contribution in [0.5, 0.6) is 0 Å². The minimum absolute atomic E-state index is 0.150. The zero-order chi connectivity index (χ0) is 11.1. The van der Waals surface area contributed by atoms with Gasteiger partial charge in [0.15, 0.2) is 0 Å². The molecule has 0 radical (unpaired) electrons. The van der Waals surface area contributed by atoms with Gasteiger partial charge in [-0.25, -0.2) is 0 Å². The summed E-state index contributed by atoms with van der Waals surface area (Å²) in [6, 6.07) is 9.78. The van der Waals surface area contributed by atoms with Crippen LogP contribution in [0.4, 0.5) is 5.69 Å². The standard InChI is InChI=1S/C10H12N2O.C2H6/c13-10-8-11-6-7-12(10)9-4-2-1-3-5-9;1-2/h1-5,11H,6-8H2;1-2H3. The van der Waals surface area contributed by atoms with E-state index in [1.54, 1.807) is 0 Å². The topological polar surface area (TPSA) is 32.3 Å². The molecule has 1 aliphatic rings.